The number of allylic oxidation sites excluding steroid dienone is 4. The Labute approximate surface area is 202 Å². The maximum Gasteiger partial charge on any atom is 0.307 e. The van der Waals surface area contributed by atoms with Crippen molar-refractivity contribution in [3.8, 4) is 0 Å². The molecule has 7 nitrogen and oxygen atoms in total. The van der Waals surface area contributed by atoms with Gasteiger partial charge in [0.15, 0.2) is 11.5 Å². The van der Waals surface area contributed by atoms with Gasteiger partial charge in [0.2, 0.25) is 0 Å². The van der Waals surface area contributed by atoms with Gasteiger partial charge in [0, 0.05) is 17.9 Å². The number of nitrogens with zero attached hydrogens (tertiary/aromatic N) is 1. The molecular formula is C26H31F2NO6. The third-order valence-electron chi connectivity index (χ3n) is 9.43. The van der Waals surface area contributed by atoms with Gasteiger partial charge in [0.05, 0.1) is 24.8 Å². The molecule has 0 spiro atoms. The fourth-order valence-electron chi connectivity index (χ4n) is 7.97. The number of alkyl halides is 2. The van der Waals surface area contributed by atoms with Crippen LogP contribution in [0.5, 0.6) is 0 Å². The average Bonchev–Trinajstić information content (AvgIpc) is 3.37. The van der Waals surface area contributed by atoms with E-state index in [4.69, 9.17) is 4.42 Å². The number of halogens is 2. The lowest BCUT2D eigenvalue weighted by molar-refractivity contribution is -0.204. The van der Waals surface area contributed by atoms with Gasteiger partial charge in [-0.05, 0) is 73.3 Å². The molecular weight excluding hydrogens is 460 g/mol. The molecule has 4 aliphatic rings. The SMILES string of the molecule is C[C@]12C[C@H](O)[C@@]3(F)[C@@H](C[C@H](F)C4=CC(=O)C=C[C@@]43C)[C@@H]1C[C@@H](CN(O)Cc1ccco1)[C@@H]2C(=O)O. The fraction of sp³-hybridized carbons (Fsp3) is 0.615. The molecule has 9 heteroatoms. The van der Waals surface area contributed by atoms with E-state index in [1.165, 1.54) is 25.3 Å². The highest BCUT2D eigenvalue weighted by Crippen LogP contribution is 2.70. The number of aliphatic hydroxyl groups is 1. The first kappa shape index (κ1) is 24.3. The number of carbonyl (C=O) groups excluding carboxylic acids is 1. The lowest BCUT2D eigenvalue weighted by Gasteiger charge is -2.62. The van der Waals surface area contributed by atoms with E-state index in [1.807, 2.05) is 0 Å². The smallest absolute Gasteiger partial charge is 0.307 e. The number of hydroxylamine groups is 2. The van der Waals surface area contributed by atoms with Crippen molar-refractivity contribution in [3.63, 3.8) is 0 Å². The molecule has 1 aromatic heterocycles. The Morgan fingerprint density at radius 1 is 1.29 bits per heavy atom. The second-order valence-corrected chi connectivity index (χ2v) is 11.2. The van der Waals surface area contributed by atoms with Gasteiger partial charge >= 0.3 is 5.97 Å². The summed E-state index contributed by atoms with van der Waals surface area (Å²) in [5, 5.41) is 33.0. The largest absolute Gasteiger partial charge is 0.481 e. The van der Waals surface area contributed by atoms with Crippen molar-refractivity contribution < 1.29 is 38.2 Å². The minimum atomic E-state index is -2.26. The van der Waals surface area contributed by atoms with Crippen LogP contribution in [0.4, 0.5) is 8.78 Å². The Bertz CT molecular complexity index is 1090. The zero-order chi connectivity index (χ0) is 25.3. The summed E-state index contributed by atoms with van der Waals surface area (Å²) in [6.45, 7) is 3.34. The van der Waals surface area contributed by atoms with E-state index in [0.29, 0.717) is 5.76 Å². The van der Waals surface area contributed by atoms with Crippen LogP contribution in [0.25, 0.3) is 0 Å². The Kier molecular flexibility index (Phi) is 5.62. The van der Waals surface area contributed by atoms with Crippen LogP contribution in [-0.4, -0.2) is 56.7 Å². The van der Waals surface area contributed by atoms with Crippen molar-refractivity contribution in [2.45, 2.75) is 57.6 Å². The number of aliphatic carboxylic acids is 1. The summed E-state index contributed by atoms with van der Waals surface area (Å²) in [6.07, 6.45) is 2.02. The first-order valence-corrected chi connectivity index (χ1v) is 12.1. The molecule has 0 saturated heterocycles. The quantitative estimate of drug-likeness (QED) is 0.539. The number of aliphatic hydroxyl groups excluding tert-OH is 1. The number of hydrogen-bond acceptors (Lipinski definition) is 6. The lowest BCUT2D eigenvalue weighted by Crippen LogP contribution is -2.68. The highest BCUT2D eigenvalue weighted by atomic mass is 19.1. The molecule has 1 aromatic rings. The van der Waals surface area contributed by atoms with Gasteiger partial charge < -0.3 is 19.8 Å². The van der Waals surface area contributed by atoms with Crippen LogP contribution in [-0.2, 0) is 16.1 Å². The third kappa shape index (κ3) is 3.38. The maximum atomic E-state index is 17.2. The molecule has 4 aliphatic carbocycles. The predicted molar refractivity (Wildman–Crippen MR) is 120 cm³/mol. The minimum absolute atomic E-state index is 0.0156. The standard InChI is InChI=1S/C26H31F2NO6/c1-24-11-21(31)26(28)18(10-20(27)19-9-15(30)5-6-25(19,26)2)17(24)8-14(22(24)23(32)33)12-29(34)13-16-4-3-7-35-16/h3-7,9,14,17-18,20-22,31,34H,8,10-13H2,1-2H3,(H,32,33)/t14-,17-,18-,20-,21-,22+,24-,25-,26-/m0/s1. The fourth-order valence-corrected chi connectivity index (χ4v) is 7.97. The van der Waals surface area contributed by atoms with Crippen LogP contribution in [0, 0.1) is 34.5 Å². The van der Waals surface area contributed by atoms with E-state index >= 15 is 8.78 Å². The van der Waals surface area contributed by atoms with Crippen LogP contribution in [0.15, 0.2) is 46.6 Å². The monoisotopic (exact) mass is 491 g/mol. The number of rotatable bonds is 5. The number of carboxylic acids is 1. The van der Waals surface area contributed by atoms with Crippen LogP contribution in [0.1, 0.15) is 38.9 Å². The highest BCUT2D eigenvalue weighted by molar-refractivity contribution is 6.01. The van der Waals surface area contributed by atoms with Gasteiger partial charge in [0.25, 0.3) is 0 Å². The second-order valence-electron chi connectivity index (χ2n) is 11.2. The Morgan fingerprint density at radius 3 is 2.69 bits per heavy atom. The van der Waals surface area contributed by atoms with Crippen molar-refractivity contribution in [2.75, 3.05) is 6.54 Å². The first-order chi connectivity index (χ1) is 16.4. The van der Waals surface area contributed by atoms with Crippen LogP contribution >= 0.6 is 0 Å². The van der Waals surface area contributed by atoms with Crippen molar-refractivity contribution >= 4 is 11.8 Å². The number of fused-ring (bicyclic) bond motifs is 5. The molecule has 9 atom stereocenters. The lowest BCUT2D eigenvalue weighted by atomic mass is 9.45. The number of carboxylic acid groups (broad SMARTS) is 1. The molecule has 0 bridgehead atoms. The van der Waals surface area contributed by atoms with E-state index in [-0.39, 0.29) is 37.9 Å². The summed E-state index contributed by atoms with van der Waals surface area (Å²) >= 11 is 0. The molecule has 3 fully saturated rings. The highest BCUT2D eigenvalue weighted by Gasteiger charge is 2.73. The Hall–Kier alpha value is -2.36. The van der Waals surface area contributed by atoms with E-state index in [1.54, 1.807) is 19.1 Å². The summed E-state index contributed by atoms with van der Waals surface area (Å²) in [4.78, 5) is 24.4. The molecule has 0 unspecified atom stereocenters. The van der Waals surface area contributed by atoms with Gasteiger partial charge in [-0.2, -0.15) is 5.06 Å². The van der Waals surface area contributed by atoms with E-state index < -0.39 is 64.2 Å². The van der Waals surface area contributed by atoms with E-state index in [9.17, 15) is 25.0 Å². The van der Waals surface area contributed by atoms with Gasteiger partial charge in [-0.25, -0.2) is 8.78 Å². The topological polar surface area (TPSA) is 111 Å². The molecule has 35 heavy (non-hydrogen) atoms. The van der Waals surface area contributed by atoms with Gasteiger partial charge in [-0.15, -0.1) is 0 Å². The van der Waals surface area contributed by atoms with Gasteiger partial charge in [-0.1, -0.05) is 13.0 Å². The van der Waals surface area contributed by atoms with Crippen molar-refractivity contribution in [1.82, 2.24) is 5.06 Å². The average molecular weight is 492 g/mol. The van der Waals surface area contributed by atoms with Crippen LogP contribution < -0.4 is 0 Å². The molecule has 5 rings (SSSR count). The summed E-state index contributed by atoms with van der Waals surface area (Å²) in [5.41, 5.74) is -4.72. The first-order valence-electron chi connectivity index (χ1n) is 12.1. The Morgan fingerprint density at radius 2 is 2.03 bits per heavy atom. The zero-order valence-corrected chi connectivity index (χ0v) is 19.7. The number of carbonyl (C=O) groups is 2. The molecule has 0 radical (unpaired) electrons. The van der Waals surface area contributed by atoms with Gasteiger partial charge in [0.1, 0.15) is 11.9 Å². The van der Waals surface area contributed by atoms with Crippen molar-refractivity contribution in [2.24, 2.45) is 34.5 Å². The number of hydrogen-bond donors (Lipinski definition) is 3. The maximum absolute atomic E-state index is 17.2. The number of ketones is 1. The van der Waals surface area contributed by atoms with Gasteiger partial charge in [-0.3, -0.25) is 9.59 Å². The predicted octanol–water partition coefficient (Wildman–Crippen LogP) is 3.72. The number of furan rings is 1. The van der Waals surface area contributed by atoms with Crippen molar-refractivity contribution in [3.05, 3.63) is 48.0 Å². The molecule has 0 amide bonds. The van der Waals surface area contributed by atoms with E-state index in [2.05, 4.69) is 0 Å². The normalized spacial score (nSPS) is 44.5. The summed E-state index contributed by atoms with van der Waals surface area (Å²) in [5.74, 6) is -3.95. The molecule has 0 aliphatic heterocycles. The summed E-state index contributed by atoms with van der Waals surface area (Å²) in [6, 6.07) is 3.38. The molecule has 0 aromatic carbocycles. The second kappa shape index (κ2) is 8.08. The molecule has 1 heterocycles. The van der Waals surface area contributed by atoms with Crippen molar-refractivity contribution in [1.29, 1.82) is 0 Å². The Balaban J connectivity index is 1.50. The summed E-state index contributed by atoms with van der Waals surface area (Å²) < 4.78 is 37.9. The minimum Gasteiger partial charge on any atom is -0.481 e. The van der Waals surface area contributed by atoms with Crippen LogP contribution in [0.2, 0.25) is 0 Å². The summed E-state index contributed by atoms with van der Waals surface area (Å²) in [7, 11) is 0. The molecule has 3 saturated carbocycles. The molecule has 190 valence electrons. The van der Waals surface area contributed by atoms with E-state index in [0.717, 1.165) is 11.1 Å². The third-order valence-corrected chi connectivity index (χ3v) is 9.43. The molecule has 3 N–H and O–H groups in total. The zero-order valence-electron chi connectivity index (χ0n) is 19.7. The van der Waals surface area contributed by atoms with Crippen LogP contribution in [0.3, 0.4) is 0 Å².